The van der Waals surface area contributed by atoms with Crippen LogP contribution in [0.2, 0.25) is 0 Å². The summed E-state index contributed by atoms with van der Waals surface area (Å²) in [5, 5.41) is 12.4. The number of aromatic nitrogens is 4. The Morgan fingerprint density at radius 2 is 2.08 bits per heavy atom. The van der Waals surface area contributed by atoms with Gasteiger partial charge in [-0.1, -0.05) is 0 Å². The molecule has 7 nitrogen and oxygen atoms in total. The predicted molar refractivity (Wildman–Crippen MR) is 92.3 cm³/mol. The lowest BCUT2D eigenvalue weighted by molar-refractivity contribution is -0.130. The Hall–Kier alpha value is -2.48. The van der Waals surface area contributed by atoms with Gasteiger partial charge in [0.25, 0.3) is 0 Å². The molecule has 4 heterocycles. The van der Waals surface area contributed by atoms with Crippen molar-refractivity contribution in [3.8, 4) is 0 Å². The van der Waals surface area contributed by atoms with E-state index in [1.165, 1.54) is 0 Å². The van der Waals surface area contributed by atoms with E-state index >= 15 is 0 Å². The first-order valence-corrected chi connectivity index (χ1v) is 8.87. The summed E-state index contributed by atoms with van der Waals surface area (Å²) in [6, 6.07) is 2.01. The number of anilines is 1. The average Bonchev–Trinajstić information content (AvgIpc) is 3.25. The third-order valence-electron chi connectivity index (χ3n) is 4.35. The van der Waals surface area contributed by atoms with Crippen LogP contribution >= 0.6 is 11.3 Å². The lowest BCUT2D eigenvalue weighted by Crippen LogP contribution is -2.49. The zero-order chi connectivity index (χ0) is 16.5. The van der Waals surface area contributed by atoms with Gasteiger partial charge in [-0.05, 0) is 29.3 Å². The smallest absolute Gasteiger partial charge is 0.227 e. The van der Waals surface area contributed by atoms with Crippen molar-refractivity contribution in [2.24, 2.45) is 0 Å². The average molecular weight is 342 g/mol. The van der Waals surface area contributed by atoms with Crippen LogP contribution in [-0.2, 0) is 11.2 Å². The van der Waals surface area contributed by atoms with E-state index in [1.54, 1.807) is 17.5 Å². The van der Waals surface area contributed by atoms with Crippen molar-refractivity contribution >= 4 is 28.7 Å². The Bertz CT molecular complexity index is 851. The number of carbonyl (C=O) groups excluding carboxylic acids is 1. The molecule has 8 heteroatoms. The van der Waals surface area contributed by atoms with Crippen molar-refractivity contribution in [3.05, 3.63) is 40.6 Å². The largest absolute Gasteiger partial charge is 0.350 e. The zero-order valence-corrected chi connectivity index (χ0v) is 14.2. The van der Waals surface area contributed by atoms with Crippen molar-refractivity contribution in [1.29, 1.82) is 0 Å². The van der Waals surface area contributed by atoms with Gasteiger partial charge in [-0.15, -0.1) is 10.2 Å². The molecule has 1 aliphatic heterocycles. The normalized spacial score (nSPS) is 15.2. The number of thiophene rings is 1. The minimum absolute atomic E-state index is 0.192. The van der Waals surface area contributed by atoms with Crippen molar-refractivity contribution in [3.63, 3.8) is 0 Å². The van der Waals surface area contributed by atoms with Crippen LogP contribution in [0.3, 0.4) is 0 Å². The summed E-state index contributed by atoms with van der Waals surface area (Å²) >= 11 is 1.63. The molecule has 0 N–H and O–H groups in total. The molecule has 1 amide bonds. The summed E-state index contributed by atoms with van der Waals surface area (Å²) < 4.78 is 1.94. The first kappa shape index (κ1) is 15.1. The molecule has 0 spiro atoms. The van der Waals surface area contributed by atoms with Crippen molar-refractivity contribution in [2.75, 3.05) is 31.1 Å². The molecule has 3 aromatic rings. The molecule has 0 aliphatic carbocycles. The molecular weight excluding hydrogens is 324 g/mol. The van der Waals surface area contributed by atoms with Gasteiger partial charge in [-0.3, -0.25) is 9.20 Å². The van der Waals surface area contributed by atoms with E-state index in [2.05, 4.69) is 20.1 Å². The maximum Gasteiger partial charge on any atom is 0.227 e. The topological polar surface area (TPSA) is 66.6 Å². The fourth-order valence-corrected chi connectivity index (χ4v) is 3.67. The van der Waals surface area contributed by atoms with Gasteiger partial charge in [0, 0.05) is 38.6 Å². The Balaban J connectivity index is 1.45. The van der Waals surface area contributed by atoms with Crippen LogP contribution in [0.15, 0.2) is 29.2 Å². The van der Waals surface area contributed by atoms with Crippen LogP contribution in [-0.4, -0.2) is 56.6 Å². The van der Waals surface area contributed by atoms with E-state index < -0.39 is 0 Å². The summed E-state index contributed by atoms with van der Waals surface area (Å²) in [5.74, 6) is 1.87. The molecule has 4 rings (SSSR count). The molecule has 0 unspecified atom stereocenters. The molecule has 3 aromatic heterocycles. The maximum atomic E-state index is 12.4. The minimum Gasteiger partial charge on any atom is -0.350 e. The fraction of sp³-hybridized carbons (Fsp3) is 0.375. The molecule has 0 aromatic carbocycles. The molecule has 0 radical (unpaired) electrons. The third kappa shape index (κ3) is 2.73. The van der Waals surface area contributed by atoms with Gasteiger partial charge in [-0.2, -0.15) is 11.3 Å². The van der Waals surface area contributed by atoms with Gasteiger partial charge >= 0.3 is 0 Å². The fourth-order valence-electron chi connectivity index (χ4n) is 3.00. The van der Waals surface area contributed by atoms with Crippen molar-refractivity contribution < 1.29 is 4.79 Å². The number of fused-ring (bicyclic) bond motifs is 1. The zero-order valence-electron chi connectivity index (χ0n) is 13.4. The molecule has 1 aliphatic rings. The highest BCUT2D eigenvalue weighted by atomic mass is 32.1. The highest BCUT2D eigenvalue weighted by molar-refractivity contribution is 7.08. The summed E-state index contributed by atoms with van der Waals surface area (Å²) in [6.45, 7) is 4.85. The van der Waals surface area contributed by atoms with Gasteiger partial charge in [0.05, 0.1) is 6.42 Å². The molecule has 0 atom stereocenters. The standard InChI is InChI=1S/C16H18N6OS/c1-12-18-19-16-15(17-3-4-22(12)16)21-7-5-20(6-8-21)14(23)10-13-2-9-24-11-13/h2-4,9,11H,5-8,10H2,1H3. The Labute approximate surface area is 143 Å². The van der Waals surface area contributed by atoms with E-state index in [-0.39, 0.29) is 5.91 Å². The lowest BCUT2D eigenvalue weighted by atomic mass is 10.2. The van der Waals surface area contributed by atoms with Crippen molar-refractivity contribution in [1.82, 2.24) is 24.5 Å². The molecule has 124 valence electrons. The summed E-state index contributed by atoms with van der Waals surface area (Å²) in [6.07, 6.45) is 4.13. The van der Waals surface area contributed by atoms with Crippen LogP contribution in [0.25, 0.3) is 5.65 Å². The number of aryl methyl sites for hydroxylation is 1. The molecule has 24 heavy (non-hydrogen) atoms. The second-order valence-corrected chi connectivity index (χ2v) is 6.65. The van der Waals surface area contributed by atoms with Gasteiger partial charge in [-0.25, -0.2) is 4.98 Å². The third-order valence-corrected chi connectivity index (χ3v) is 5.08. The molecule has 0 bridgehead atoms. The number of hydrogen-bond donors (Lipinski definition) is 0. The Morgan fingerprint density at radius 1 is 1.25 bits per heavy atom. The quantitative estimate of drug-likeness (QED) is 0.719. The SMILES string of the molecule is Cc1nnc2c(N3CCN(C(=O)Cc4ccsc4)CC3)nccn12. The van der Waals surface area contributed by atoms with Crippen LogP contribution in [0.1, 0.15) is 11.4 Å². The van der Waals surface area contributed by atoms with Crippen LogP contribution in [0, 0.1) is 6.92 Å². The summed E-state index contributed by atoms with van der Waals surface area (Å²) in [7, 11) is 0. The van der Waals surface area contributed by atoms with E-state index in [4.69, 9.17) is 0 Å². The first-order valence-electron chi connectivity index (χ1n) is 7.92. The van der Waals surface area contributed by atoms with Crippen LogP contribution in [0.4, 0.5) is 5.82 Å². The summed E-state index contributed by atoms with van der Waals surface area (Å²) in [4.78, 5) is 21.0. The monoisotopic (exact) mass is 342 g/mol. The van der Waals surface area contributed by atoms with E-state index in [0.717, 1.165) is 35.9 Å². The second-order valence-electron chi connectivity index (χ2n) is 5.87. The number of carbonyl (C=O) groups is 1. The highest BCUT2D eigenvalue weighted by Crippen LogP contribution is 2.19. The van der Waals surface area contributed by atoms with Crippen LogP contribution in [0.5, 0.6) is 0 Å². The van der Waals surface area contributed by atoms with Gasteiger partial charge in [0.1, 0.15) is 5.82 Å². The highest BCUT2D eigenvalue weighted by Gasteiger charge is 2.24. The first-order chi connectivity index (χ1) is 11.7. The predicted octanol–water partition coefficient (Wildman–Crippen LogP) is 1.39. The number of amides is 1. The molecular formula is C16H18N6OS. The van der Waals surface area contributed by atoms with Gasteiger partial charge in [0.2, 0.25) is 11.6 Å². The second kappa shape index (κ2) is 6.20. The molecule has 1 fully saturated rings. The number of nitrogens with zero attached hydrogens (tertiary/aromatic N) is 6. The van der Waals surface area contributed by atoms with Crippen molar-refractivity contribution in [2.45, 2.75) is 13.3 Å². The van der Waals surface area contributed by atoms with E-state index in [9.17, 15) is 4.79 Å². The number of hydrogen-bond acceptors (Lipinski definition) is 6. The van der Waals surface area contributed by atoms with E-state index in [1.807, 2.05) is 39.2 Å². The van der Waals surface area contributed by atoms with Gasteiger partial charge in [0.15, 0.2) is 5.82 Å². The number of piperazine rings is 1. The van der Waals surface area contributed by atoms with E-state index in [0.29, 0.717) is 19.5 Å². The summed E-state index contributed by atoms with van der Waals surface area (Å²) in [5.41, 5.74) is 1.87. The number of rotatable bonds is 3. The van der Waals surface area contributed by atoms with Gasteiger partial charge < -0.3 is 9.80 Å². The Kier molecular flexibility index (Phi) is 3.89. The maximum absolute atomic E-state index is 12.4. The minimum atomic E-state index is 0.192. The Morgan fingerprint density at radius 3 is 2.83 bits per heavy atom. The molecule has 1 saturated heterocycles. The van der Waals surface area contributed by atoms with Crippen LogP contribution < -0.4 is 4.90 Å². The lowest BCUT2D eigenvalue weighted by Gasteiger charge is -2.35. The molecule has 0 saturated carbocycles.